The Kier molecular flexibility index (Phi) is 4.36. The Morgan fingerprint density at radius 2 is 2.14 bits per heavy atom. The number of rotatable bonds is 2. The van der Waals surface area contributed by atoms with Crippen LogP contribution < -0.4 is 4.90 Å². The topological polar surface area (TPSA) is 64.3 Å². The van der Waals surface area contributed by atoms with E-state index in [0.29, 0.717) is 5.56 Å². The molecule has 1 saturated heterocycles. The van der Waals surface area contributed by atoms with Gasteiger partial charge in [-0.3, -0.25) is 4.79 Å². The van der Waals surface area contributed by atoms with Crippen LogP contribution in [0.2, 0.25) is 5.02 Å². The highest BCUT2D eigenvalue weighted by molar-refractivity contribution is 6.33. The molecule has 0 aromatic heterocycles. The zero-order chi connectivity index (χ0) is 16.7. The van der Waals surface area contributed by atoms with Crippen molar-refractivity contribution in [3.63, 3.8) is 0 Å². The number of aliphatic hydroxyl groups is 1. The SMILES string of the molecule is Cc1c(N2C(=O)CC[C@@H]2[C@@H](O)C(F)(F)F)ccc(C#N)c1Cl. The highest BCUT2D eigenvalue weighted by atomic mass is 35.5. The van der Waals surface area contributed by atoms with Crippen molar-refractivity contribution in [1.82, 2.24) is 0 Å². The lowest BCUT2D eigenvalue weighted by Gasteiger charge is -2.31. The van der Waals surface area contributed by atoms with Crippen molar-refractivity contribution in [2.75, 3.05) is 4.90 Å². The number of alkyl halides is 3. The third-order valence-corrected chi connectivity index (χ3v) is 4.18. The molecule has 1 aromatic carbocycles. The second-order valence-electron chi connectivity index (χ2n) is 5.04. The van der Waals surface area contributed by atoms with Gasteiger partial charge in [0.25, 0.3) is 0 Å². The zero-order valence-electron chi connectivity index (χ0n) is 11.5. The molecule has 0 radical (unpaired) electrons. The first-order chi connectivity index (χ1) is 10.2. The number of amides is 1. The van der Waals surface area contributed by atoms with Crippen molar-refractivity contribution in [3.05, 3.63) is 28.3 Å². The summed E-state index contributed by atoms with van der Waals surface area (Å²) in [7, 11) is 0. The molecule has 0 aliphatic carbocycles. The summed E-state index contributed by atoms with van der Waals surface area (Å²) in [5, 5.41) is 18.5. The summed E-state index contributed by atoms with van der Waals surface area (Å²) in [5.74, 6) is -0.517. The third kappa shape index (κ3) is 2.76. The lowest BCUT2D eigenvalue weighted by atomic mass is 10.0. The van der Waals surface area contributed by atoms with E-state index in [9.17, 15) is 23.1 Å². The van der Waals surface area contributed by atoms with Gasteiger partial charge in [-0.05, 0) is 31.0 Å². The fourth-order valence-electron chi connectivity index (χ4n) is 2.56. The maximum Gasteiger partial charge on any atom is 0.416 e. The van der Waals surface area contributed by atoms with Crippen molar-refractivity contribution in [3.8, 4) is 6.07 Å². The Bertz CT molecular complexity index is 655. The van der Waals surface area contributed by atoms with Crippen molar-refractivity contribution in [1.29, 1.82) is 5.26 Å². The standard InChI is InChI=1S/C14H12ClF3N2O2/c1-7-9(3-2-8(6-19)12(7)15)20-10(4-5-11(20)21)13(22)14(16,17)18/h2-3,10,13,22H,4-5H2,1H3/t10-,13-/m1/s1. The van der Waals surface area contributed by atoms with Crippen LogP contribution in [0.1, 0.15) is 24.0 Å². The summed E-state index contributed by atoms with van der Waals surface area (Å²) in [6.07, 6.45) is -7.64. The van der Waals surface area contributed by atoms with Crippen LogP contribution >= 0.6 is 11.6 Å². The number of aliphatic hydroxyl groups excluding tert-OH is 1. The first-order valence-electron chi connectivity index (χ1n) is 6.44. The van der Waals surface area contributed by atoms with E-state index in [4.69, 9.17) is 16.9 Å². The minimum absolute atomic E-state index is 0.0833. The van der Waals surface area contributed by atoms with Gasteiger partial charge in [-0.2, -0.15) is 18.4 Å². The second-order valence-corrected chi connectivity index (χ2v) is 5.42. The molecule has 0 bridgehead atoms. The Hall–Kier alpha value is -1.78. The molecule has 1 aliphatic heterocycles. The molecule has 0 spiro atoms. The molecule has 1 aromatic rings. The van der Waals surface area contributed by atoms with Gasteiger partial charge in [0.05, 0.1) is 16.6 Å². The molecule has 8 heteroatoms. The van der Waals surface area contributed by atoms with Crippen LogP contribution in [0.4, 0.5) is 18.9 Å². The highest BCUT2D eigenvalue weighted by Gasteiger charge is 2.49. The van der Waals surface area contributed by atoms with E-state index in [1.165, 1.54) is 19.1 Å². The first-order valence-corrected chi connectivity index (χ1v) is 6.82. The van der Waals surface area contributed by atoms with Gasteiger partial charge >= 0.3 is 6.18 Å². The molecule has 1 amide bonds. The number of carbonyl (C=O) groups is 1. The first kappa shape index (κ1) is 16.6. The van der Waals surface area contributed by atoms with Gasteiger partial charge in [0.15, 0.2) is 6.10 Å². The fraction of sp³-hybridized carbons (Fsp3) is 0.429. The van der Waals surface area contributed by atoms with E-state index in [-0.39, 0.29) is 29.1 Å². The summed E-state index contributed by atoms with van der Waals surface area (Å²) in [6.45, 7) is 1.52. The van der Waals surface area contributed by atoms with E-state index in [0.717, 1.165) is 4.90 Å². The summed E-state index contributed by atoms with van der Waals surface area (Å²) in [4.78, 5) is 12.9. The number of nitrogens with zero attached hydrogens (tertiary/aromatic N) is 2. The molecular weight excluding hydrogens is 321 g/mol. The predicted octanol–water partition coefficient (Wildman–Crippen LogP) is 2.94. The number of hydrogen-bond acceptors (Lipinski definition) is 3. The molecule has 1 heterocycles. The second kappa shape index (κ2) is 5.78. The lowest BCUT2D eigenvalue weighted by molar-refractivity contribution is -0.209. The molecule has 1 fully saturated rings. The third-order valence-electron chi connectivity index (χ3n) is 3.69. The molecule has 0 unspecified atom stereocenters. The molecule has 0 saturated carbocycles. The number of anilines is 1. The minimum Gasteiger partial charge on any atom is -0.382 e. The van der Waals surface area contributed by atoms with Crippen LogP contribution in [-0.4, -0.2) is 29.3 Å². The molecule has 4 nitrogen and oxygen atoms in total. The van der Waals surface area contributed by atoms with E-state index >= 15 is 0 Å². The normalized spacial score (nSPS) is 20.1. The van der Waals surface area contributed by atoms with Crippen LogP contribution in [0.15, 0.2) is 12.1 Å². The van der Waals surface area contributed by atoms with E-state index in [1.807, 2.05) is 6.07 Å². The van der Waals surface area contributed by atoms with Gasteiger partial charge in [-0.15, -0.1) is 0 Å². The quantitative estimate of drug-likeness (QED) is 0.905. The van der Waals surface area contributed by atoms with Gasteiger partial charge in [-0.1, -0.05) is 11.6 Å². The van der Waals surface area contributed by atoms with Gasteiger partial charge in [0.2, 0.25) is 5.91 Å². The molecule has 22 heavy (non-hydrogen) atoms. The lowest BCUT2D eigenvalue weighted by Crippen LogP contribution is -2.48. The average molecular weight is 333 g/mol. The summed E-state index contributed by atoms with van der Waals surface area (Å²) < 4.78 is 38.3. The molecule has 118 valence electrons. The predicted molar refractivity (Wildman–Crippen MR) is 73.5 cm³/mol. The molecule has 2 atom stereocenters. The Morgan fingerprint density at radius 3 is 2.68 bits per heavy atom. The van der Waals surface area contributed by atoms with Crippen molar-refractivity contribution < 1.29 is 23.1 Å². The van der Waals surface area contributed by atoms with E-state index in [1.54, 1.807) is 0 Å². The summed E-state index contributed by atoms with van der Waals surface area (Å²) in [5.41, 5.74) is 0.678. The van der Waals surface area contributed by atoms with Gasteiger partial charge < -0.3 is 10.0 Å². The summed E-state index contributed by atoms with van der Waals surface area (Å²) >= 11 is 6.00. The number of hydrogen-bond donors (Lipinski definition) is 1. The summed E-state index contributed by atoms with van der Waals surface area (Å²) in [6, 6.07) is 3.18. The number of carbonyl (C=O) groups excluding carboxylic acids is 1. The van der Waals surface area contributed by atoms with E-state index < -0.39 is 24.2 Å². The molecule has 1 N–H and O–H groups in total. The Morgan fingerprint density at radius 1 is 1.50 bits per heavy atom. The average Bonchev–Trinajstić information content (AvgIpc) is 2.81. The maximum absolute atomic E-state index is 12.8. The maximum atomic E-state index is 12.8. The highest BCUT2D eigenvalue weighted by Crippen LogP contribution is 2.38. The van der Waals surface area contributed by atoms with Crippen molar-refractivity contribution in [2.45, 2.75) is 38.1 Å². The zero-order valence-corrected chi connectivity index (χ0v) is 12.2. The van der Waals surface area contributed by atoms with Crippen LogP contribution in [0.3, 0.4) is 0 Å². The van der Waals surface area contributed by atoms with E-state index in [2.05, 4.69) is 0 Å². The van der Waals surface area contributed by atoms with Gasteiger partial charge in [-0.25, -0.2) is 0 Å². The fourth-order valence-corrected chi connectivity index (χ4v) is 2.76. The number of benzene rings is 1. The van der Waals surface area contributed by atoms with Crippen LogP contribution in [0, 0.1) is 18.3 Å². The monoisotopic (exact) mass is 332 g/mol. The van der Waals surface area contributed by atoms with Crippen LogP contribution in [0.25, 0.3) is 0 Å². The van der Waals surface area contributed by atoms with Crippen molar-refractivity contribution in [2.24, 2.45) is 0 Å². The minimum atomic E-state index is -4.82. The smallest absolute Gasteiger partial charge is 0.382 e. The van der Waals surface area contributed by atoms with Gasteiger partial charge in [0, 0.05) is 12.1 Å². The Balaban J connectivity index is 2.48. The Labute approximate surface area is 129 Å². The number of nitriles is 1. The number of halogens is 4. The largest absolute Gasteiger partial charge is 0.416 e. The molecule has 1 aliphatic rings. The van der Waals surface area contributed by atoms with Gasteiger partial charge in [0.1, 0.15) is 6.07 Å². The molecule has 2 rings (SSSR count). The molecular formula is C14H12ClF3N2O2. The van der Waals surface area contributed by atoms with Crippen molar-refractivity contribution >= 4 is 23.2 Å². The van der Waals surface area contributed by atoms with Crippen LogP contribution in [0.5, 0.6) is 0 Å². The van der Waals surface area contributed by atoms with Crippen LogP contribution in [-0.2, 0) is 4.79 Å².